The summed E-state index contributed by atoms with van der Waals surface area (Å²) in [6, 6.07) is 0.901. The Bertz CT molecular complexity index is 99.7. The van der Waals surface area contributed by atoms with Gasteiger partial charge in [0.1, 0.15) is 0 Å². The zero-order valence-electron chi connectivity index (χ0n) is 7.35. The van der Waals surface area contributed by atoms with Crippen LogP contribution in [0, 0.1) is 0 Å². The van der Waals surface area contributed by atoms with Crippen molar-refractivity contribution in [2.24, 2.45) is 0 Å². The Morgan fingerprint density at radius 1 is 1.36 bits per heavy atom. The summed E-state index contributed by atoms with van der Waals surface area (Å²) in [7, 11) is 0. The minimum atomic E-state index is 0.901. The smallest absolute Gasteiger partial charge is 0.0159 e. The lowest BCUT2D eigenvalue weighted by Crippen LogP contribution is -2.34. The van der Waals surface area contributed by atoms with Crippen molar-refractivity contribution in [3.63, 3.8) is 0 Å². The van der Waals surface area contributed by atoms with Crippen LogP contribution in [0.3, 0.4) is 0 Å². The Kier molecular flexibility index (Phi) is 4.46. The van der Waals surface area contributed by atoms with E-state index in [0.717, 1.165) is 11.4 Å². The second-order valence-electron chi connectivity index (χ2n) is 3.26. The first kappa shape index (κ1) is 9.53. The summed E-state index contributed by atoms with van der Waals surface area (Å²) in [6.45, 7) is 4.71. The second kappa shape index (κ2) is 5.15. The van der Waals surface area contributed by atoms with Gasteiger partial charge >= 0.3 is 0 Å². The molecule has 0 radical (unpaired) electrons. The fraction of sp³-hybridized carbons (Fsp3) is 1.00. The van der Waals surface area contributed by atoms with E-state index in [-0.39, 0.29) is 0 Å². The van der Waals surface area contributed by atoms with E-state index in [4.69, 9.17) is 0 Å². The predicted molar refractivity (Wildman–Crippen MR) is 53.3 cm³/mol. The first-order valence-corrected chi connectivity index (χ1v) is 5.80. The third-order valence-corrected chi connectivity index (χ3v) is 2.97. The van der Waals surface area contributed by atoms with Crippen LogP contribution < -0.4 is 0 Å². The van der Waals surface area contributed by atoms with Gasteiger partial charge in [0.25, 0.3) is 0 Å². The van der Waals surface area contributed by atoms with E-state index in [9.17, 15) is 0 Å². The molecular weight excluding hydrogens is 202 g/mol. The quantitative estimate of drug-likeness (QED) is 0.658. The molecule has 0 atom stereocenters. The molecule has 1 fully saturated rings. The molecule has 1 nitrogen and oxygen atoms in total. The lowest BCUT2D eigenvalue weighted by molar-refractivity contribution is 0.223. The van der Waals surface area contributed by atoms with E-state index in [0.29, 0.717) is 0 Å². The summed E-state index contributed by atoms with van der Waals surface area (Å²) in [5.41, 5.74) is 0. The number of hydrogen-bond acceptors (Lipinski definition) is 1. The molecule has 0 amide bonds. The topological polar surface area (TPSA) is 3.24 Å². The predicted octanol–water partition coefficient (Wildman–Crippen LogP) is 2.65. The summed E-state index contributed by atoms with van der Waals surface area (Å²) in [4.78, 5) is 2.60. The molecule has 0 heterocycles. The molecule has 0 saturated heterocycles. The van der Waals surface area contributed by atoms with E-state index in [1.807, 2.05) is 0 Å². The fourth-order valence-electron chi connectivity index (χ4n) is 1.98. The molecule has 1 aliphatic rings. The molecule has 0 unspecified atom stereocenters. The molecule has 0 spiro atoms. The third kappa shape index (κ3) is 2.75. The standard InChI is InChI=1S/C9H18BrN/c1-2-11(8-7-10)9-5-3-4-6-9/h9H,2-8H2,1H3. The van der Waals surface area contributed by atoms with Crippen LogP contribution in [-0.2, 0) is 0 Å². The molecule has 0 aromatic rings. The maximum atomic E-state index is 3.50. The average Bonchev–Trinajstić information content (AvgIpc) is 2.52. The zero-order valence-corrected chi connectivity index (χ0v) is 8.94. The Labute approximate surface area is 78.3 Å². The molecule has 0 aromatic heterocycles. The van der Waals surface area contributed by atoms with E-state index in [1.165, 1.54) is 38.8 Å². The van der Waals surface area contributed by atoms with Crippen molar-refractivity contribution in [3.8, 4) is 0 Å². The van der Waals surface area contributed by atoms with Crippen molar-refractivity contribution < 1.29 is 0 Å². The molecule has 0 aliphatic heterocycles. The molecule has 1 aliphatic carbocycles. The maximum Gasteiger partial charge on any atom is 0.0159 e. The number of alkyl halides is 1. The Balaban J connectivity index is 2.27. The summed E-state index contributed by atoms with van der Waals surface area (Å²) >= 11 is 3.50. The van der Waals surface area contributed by atoms with Crippen molar-refractivity contribution in [2.45, 2.75) is 38.6 Å². The number of rotatable bonds is 4. The molecule has 66 valence electrons. The minimum absolute atomic E-state index is 0.901. The first-order valence-electron chi connectivity index (χ1n) is 4.68. The molecule has 1 rings (SSSR count). The van der Waals surface area contributed by atoms with Crippen LogP contribution in [0.2, 0.25) is 0 Å². The van der Waals surface area contributed by atoms with Crippen LogP contribution in [0.1, 0.15) is 32.6 Å². The van der Waals surface area contributed by atoms with Crippen molar-refractivity contribution >= 4 is 15.9 Å². The third-order valence-electron chi connectivity index (χ3n) is 2.62. The molecule has 2 heteroatoms. The lowest BCUT2D eigenvalue weighted by Gasteiger charge is -2.26. The molecule has 0 N–H and O–H groups in total. The Hall–Kier alpha value is 0.440. The van der Waals surface area contributed by atoms with E-state index >= 15 is 0 Å². The van der Waals surface area contributed by atoms with Gasteiger partial charge in [-0.1, -0.05) is 35.7 Å². The van der Waals surface area contributed by atoms with E-state index in [2.05, 4.69) is 27.8 Å². The van der Waals surface area contributed by atoms with Gasteiger partial charge in [0.15, 0.2) is 0 Å². The zero-order chi connectivity index (χ0) is 8.10. The van der Waals surface area contributed by atoms with Gasteiger partial charge in [0, 0.05) is 17.9 Å². The molecular formula is C9H18BrN. The van der Waals surface area contributed by atoms with Gasteiger partial charge in [-0.05, 0) is 19.4 Å². The van der Waals surface area contributed by atoms with Gasteiger partial charge in [-0.2, -0.15) is 0 Å². The highest BCUT2D eigenvalue weighted by Crippen LogP contribution is 2.22. The highest BCUT2D eigenvalue weighted by Gasteiger charge is 2.20. The van der Waals surface area contributed by atoms with E-state index < -0.39 is 0 Å². The highest BCUT2D eigenvalue weighted by atomic mass is 79.9. The monoisotopic (exact) mass is 219 g/mol. The normalized spacial score (nSPS) is 19.9. The fourth-order valence-corrected chi connectivity index (χ4v) is 2.43. The molecule has 11 heavy (non-hydrogen) atoms. The first-order chi connectivity index (χ1) is 5.38. The Morgan fingerprint density at radius 2 is 2.00 bits per heavy atom. The number of halogens is 1. The van der Waals surface area contributed by atoms with Crippen LogP contribution in [0.25, 0.3) is 0 Å². The van der Waals surface area contributed by atoms with Gasteiger partial charge in [-0.3, -0.25) is 4.90 Å². The summed E-state index contributed by atoms with van der Waals surface area (Å²) in [5.74, 6) is 0. The van der Waals surface area contributed by atoms with Gasteiger partial charge in [0.05, 0.1) is 0 Å². The van der Waals surface area contributed by atoms with Gasteiger partial charge in [-0.15, -0.1) is 0 Å². The SMILES string of the molecule is CCN(CCBr)C1CCCC1. The van der Waals surface area contributed by atoms with Crippen molar-refractivity contribution in [1.29, 1.82) is 0 Å². The Morgan fingerprint density at radius 3 is 2.45 bits per heavy atom. The molecule has 1 saturated carbocycles. The second-order valence-corrected chi connectivity index (χ2v) is 4.05. The molecule has 0 bridgehead atoms. The van der Waals surface area contributed by atoms with Crippen molar-refractivity contribution in [1.82, 2.24) is 4.90 Å². The number of hydrogen-bond donors (Lipinski definition) is 0. The van der Waals surface area contributed by atoms with Crippen LogP contribution in [0.5, 0.6) is 0 Å². The molecule has 0 aromatic carbocycles. The largest absolute Gasteiger partial charge is 0.300 e. The van der Waals surface area contributed by atoms with Crippen LogP contribution in [0.15, 0.2) is 0 Å². The summed E-state index contributed by atoms with van der Waals surface area (Å²) in [5, 5.41) is 1.12. The summed E-state index contributed by atoms with van der Waals surface area (Å²) < 4.78 is 0. The van der Waals surface area contributed by atoms with Crippen LogP contribution in [0.4, 0.5) is 0 Å². The van der Waals surface area contributed by atoms with Crippen LogP contribution in [-0.4, -0.2) is 29.4 Å². The lowest BCUT2D eigenvalue weighted by atomic mass is 10.2. The highest BCUT2D eigenvalue weighted by molar-refractivity contribution is 9.09. The van der Waals surface area contributed by atoms with Gasteiger partial charge in [0.2, 0.25) is 0 Å². The van der Waals surface area contributed by atoms with Crippen molar-refractivity contribution in [2.75, 3.05) is 18.4 Å². The van der Waals surface area contributed by atoms with Gasteiger partial charge < -0.3 is 0 Å². The van der Waals surface area contributed by atoms with Crippen molar-refractivity contribution in [3.05, 3.63) is 0 Å². The maximum absolute atomic E-state index is 3.50. The van der Waals surface area contributed by atoms with Crippen LogP contribution >= 0.6 is 15.9 Å². The summed E-state index contributed by atoms with van der Waals surface area (Å²) in [6.07, 6.45) is 5.76. The number of nitrogens with zero attached hydrogens (tertiary/aromatic N) is 1. The van der Waals surface area contributed by atoms with Gasteiger partial charge in [-0.25, -0.2) is 0 Å². The minimum Gasteiger partial charge on any atom is -0.300 e. The average molecular weight is 220 g/mol. The van der Waals surface area contributed by atoms with E-state index in [1.54, 1.807) is 0 Å².